The normalized spacial score (nSPS) is 12.5. The molecule has 1 atom stereocenters. The summed E-state index contributed by atoms with van der Waals surface area (Å²) in [5.74, 6) is -1.18. The fourth-order valence-electron chi connectivity index (χ4n) is 1.97. The number of nitrogens with two attached hydrogens (primary N) is 1. The van der Waals surface area contributed by atoms with Crippen LogP contribution in [-0.2, 0) is 0 Å². The summed E-state index contributed by atoms with van der Waals surface area (Å²) in [4.78, 5) is 0. The quantitative estimate of drug-likeness (QED) is 0.870. The Morgan fingerprint density at radius 3 is 2.32 bits per heavy atom. The summed E-state index contributed by atoms with van der Waals surface area (Å²) in [7, 11) is 0. The van der Waals surface area contributed by atoms with Crippen molar-refractivity contribution >= 4 is 15.9 Å². The van der Waals surface area contributed by atoms with Crippen molar-refractivity contribution in [1.82, 2.24) is 0 Å². The number of hydrogen-bond donors (Lipinski definition) is 1. The van der Waals surface area contributed by atoms with Gasteiger partial charge in [-0.15, -0.1) is 0 Å². The Morgan fingerprint density at radius 1 is 1.00 bits per heavy atom. The standard InChI is InChI=1S/C15H14BrF2N/c1-8-3-4-10(12(16)5-8)15(19)11-6-9(2)13(17)7-14(11)18/h3-7,15H,19H2,1-2H3. The van der Waals surface area contributed by atoms with Gasteiger partial charge in [-0.2, -0.15) is 0 Å². The zero-order valence-electron chi connectivity index (χ0n) is 10.7. The minimum Gasteiger partial charge on any atom is -0.320 e. The lowest BCUT2D eigenvalue weighted by molar-refractivity contribution is 0.560. The van der Waals surface area contributed by atoms with Gasteiger partial charge in [0.15, 0.2) is 0 Å². The fraction of sp³-hybridized carbons (Fsp3) is 0.200. The van der Waals surface area contributed by atoms with Crippen molar-refractivity contribution in [2.24, 2.45) is 5.73 Å². The molecular formula is C15H14BrF2N. The fourth-order valence-corrected chi connectivity index (χ4v) is 2.71. The summed E-state index contributed by atoms with van der Waals surface area (Å²) < 4.78 is 27.9. The van der Waals surface area contributed by atoms with Gasteiger partial charge in [0.05, 0.1) is 6.04 Å². The molecule has 0 bridgehead atoms. The van der Waals surface area contributed by atoms with E-state index >= 15 is 0 Å². The maximum atomic E-state index is 13.8. The van der Waals surface area contributed by atoms with Crippen LogP contribution in [-0.4, -0.2) is 0 Å². The maximum absolute atomic E-state index is 13.8. The number of aryl methyl sites for hydroxylation is 2. The molecule has 100 valence electrons. The van der Waals surface area contributed by atoms with Crippen LogP contribution in [0.15, 0.2) is 34.8 Å². The first-order chi connectivity index (χ1) is 8.90. The van der Waals surface area contributed by atoms with Crippen LogP contribution >= 0.6 is 15.9 Å². The van der Waals surface area contributed by atoms with Gasteiger partial charge < -0.3 is 5.73 Å². The molecule has 2 aromatic rings. The van der Waals surface area contributed by atoms with E-state index in [1.807, 2.05) is 25.1 Å². The van der Waals surface area contributed by atoms with Crippen LogP contribution in [0.1, 0.15) is 28.3 Å². The van der Waals surface area contributed by atoms with Crippen molar-refractivity contribution < 1.29 is 8.78 Å². The van der Waals surface area contributed by atoms with Gasteiger partial charge in [-0.1, -0.05) is 28.1 Å². The average molecular weight is 326 g/mol. The molecule has 0 aliphatic carbocycles. The van der Waals surface area contributed by atoms with Crippen LogP contribution < -0.4 is 5.73 Å². The maximum Gasteiger partial charge on any atom is 0.131 e. The lowest BCUT2D eigenvalue weighted by Gasteiger charge is -2.16. The molecule has 2 N–H and O–H groups in total. The molecule has 4 heteroatoms. The first-order valence-electron chi connectivity index (χ1n) is 5.87. The van der Waals surface area contributed by atoms with Crippen LogP contribution in [0.25, 0.3) is 0 Å². The second-order valence-electron chi connectivity index (χ2n) is 4.63. The minimum atomic E-state index is -0.630. The number of rotatable bonds is 2. The summed E-state index contributed by atoms with van der Waals surface area (Å²) in [5.41, 5.74) is 8.63. The molecule has 0 radical (unpaired) electrons. The van der Waals surface area contributed by atoms with Gasteiger partial charge in [0.2, 0.25) is 0 Å². The van der Waals surface area contributed by atoms with Gasteiger partial charge in [-0.25, -0.2) is 8.78 Å². The lowest BCUT2D eigenvalue weighted by atomic mass is 9.97. The average Bonchev–Trinajstić information content (AvgIpc) is 2.33. The van der Waals surface area contributed by atoms with Crippen molar-refractivity contribution in [2.45, 2.75) is 19.9 Å². The van der Waals surface area contributed by atoms with Crippen molar-refractivity contribution in [3.05, 3.63) is 68.7 Å². The Hall–Kier alpha value is -1.26. The number of benzene rings is 2. The SMILES string of the molecule is Cc1ccc(C(N)c2cc(C)c(F)cc2F)c(Br)c1. The highest BCUT2D eigenvalue weighted by Crippen LogP contribution is 2.30. The largest absolute Gasteiger partial charge is 0.320 e. The Bertz CT molecular complexity index is 626. The highest BCUT2D eigenvalue weighted by molar-refractivity contribution is 9.10. The van der Waals surface area contributed by atoms with Crippen LogP contribution in [0.3, 0.4) is 0 Å². The molecule has 0 heterocycles. The molecule has 0 fully saturated rings. The van der Waals surface area contributed by atoms with Crippen LogP contribution in [0.4, 0.5) is 8.78 Å². The van der Waals surface area contributed by atoms with Gasteiger partial charge in [0.1, 0.15) is 11.6 Å². The summed E-state index contributed by atoms with van der Waals surface area (Å²) in [6.45, 7) is 3.55. The highest BCUT2D eigenvalue weighted by atomic mass is 79.9. The summed E-state index contributed by atoms with van der Waals surface area (Å²) in [6.07, 6.45) is 0. The molecule has 0 aromatic heterocycles. The van der Waals surface area contributed by atoms with E-state index in [-0.39, 0.29) is 0 Å². The highest BCUT2D eigenvalue weighted by Gasteiger charge is 2.18. The molecule has 0 aliphatic rings. The first-order valence-corrected chi connectivity index (χ1v) is 6.66. The van der Waals surface area contributed by atoms with E-state index in [4.69, 9.17) is 5.73 Å². The van der Waals surface area contributed by atoms with Crippen molar-refractivity contribution in [3.63, 3.8) is 0 Å². The monoisotopic (exact) mass is 325 g/mol. The molecule has 0 spiro atoms. The molecule has 0 saturated carbocycles. The molecule has 0 amide bonds. The van der Waals surface area contributed by atoms with Gasteiger partial charge in [0.25, 0.3) is 0 Å². The van der Waals surface area contributed by atoms with Gasteiger partial charge in [0, 0.05) is 16.1 Å². The third-order valence-corrected chi connectivity index (χ3v) is 3.79. The van der Waals surface area contributed by atoms with Crippen molar-refractivity contribution in [1.29, 1.82) is 0 Å². The van der Waals surface area contributed by atoms with Crippen molar-refractivity contribution in [3.8, 4) is 0 Å². The van der Waals surface area contributed by atoms with E-state index in [2.05, 4.69) is 15.9 Å². The second kappa shape index (κ2) is 5.39. The Labute approximate surface area is 119 Å². The van der Waals surface area contributed by atoms with E-state index < -0.39 is 17.7 Å². The molecule has 19 heavy (non-hydrogen) atoms. The molecule has 1 nitrogen and oxygen atoms in total. The minimum absolute atomic E-state index is 0.295. The molecule has 0 aliphatic heterocycles. The van der Waals surface area contributed by atoms with E-state index in [1.54, 1.807) is 6.92 Å². The molecule has 0 saturated heterocycles. The smallest absolute Gasteiger partial charge is 0.131 e. The van der Waals surface area contributed by atoms with E-state index in [1.165, 1.54) is 6.07 Å². The first kappa shape index (κ1) is 14.2. The Balaban J connectivity index is 2.49. The van der Waals surface area contributed by atoms with E-state index in [9.17, 15) is 8.78 Å². The summed E-state index contributed by atoms with van der Waals surface area (Å²) >= 11 is 3.43. The van der Waals surface area contributed by atoms with Crippen LogP contribution in [0.5, 0.6) is 0 Å². The summed E-state index contributed by atoms with van der Waals surface area (Å²) in [5, 5.41) is 0. The zero-order valence-corrected chi connectivity index (χ0v) is 12.3. The molecule has 2 aromatic carbocycles. The summed E-state index contributed by atoms with van der Waals surface area (Å²) in [6, 6.07) is 7.39. The second-order valence-corrected chi connectivity index (χ2v) is 5.48. The topological polar surface area (TPSA) is 26.0 Å². The number of halogens is 3. The van der Waals surface area contributed by atoms with E-state index in [0.717, 1.165) is 21.7 Å². The number of hydrogen-bond acceptors (Lipinski definition) is 1. The predicted octanol–water partition coefficient (Wildman–Crippen LogP) is 4.39. The third-order valence-electron chi connectivity index (χ3n) is 3.10. The lowest BCUT2D eigenvalue weighted by Crippen LogP contribution is -2.15. The molecular weight excluding hydrogens is 312 g/mol. The van der Waals surface area contributed by atoms with Crippen LogP contribution in [0.2, 0.25) is 0 Å². The third kappa shape index (κ3) is 2.85. The molecule has 1 unspecified atom stereocenters. The van der Waals surface area contributed by atoms with Crippen LogP contribution in [0, 0.1) is 25.5 Å². The van der Waals surface area contributed by atoms with Gasteiger partial charge in [-0.3, -0.25) is 0 Å². The van der Waals surface area contributed by atoms with Crippen molar-refractivity contribution in [2.75, 3.05) is 0 Å². The van der Waals surface area contributed by atoms with Gasteiger partial charge >= 0.3 is 0 Å². The predicted molar refractivity (Wildman–Crippen MR) is 76.0 cm³/mol. The molecule has 2 rings (SSSR count). The Kier molecular flexibility index (Phi) is 4.02. The van der Waals surface area contributed by atoms with Gasteiger partial charge in [-0.05, 0) is 42.7 Å². The Morgan fingerprint density at radius 2 is 1.68 bits per heavy atom. The van der Waals surface area contributed by atoms with E-state index in [0.29, 0.717) is 11.1 Å². The zero-order chi connectivity index (χ0) is 14.2.